The number of nitrogens with zero attached hydrogens (tertiary/aromatic N) is 2. The molecule has 8 nitrogen and oxygen atoms in total. The van der Waals surface area contributed by atoms with Crippen LogP contribution in [-0.4, -0.2) is 44.9 Å². The van der Waals surface area contributed by atoms with Crippen molar-refractivity contribution >= 4 is 28.5 Å². The van der Waals surface area contributed by atoms with E-state index in [0.29, 0.717) is 23.9 Å². The van der Waals surface area contributed by atoms with E-state index >= 15 is 0 Å². The molecule has 2 heterocycles. The summed E-state index contributed by atoms with van der Waals surface area (Å²) in [4.78, 5) is 38.6. The van der Waals surface area contributed by atoms with Gasteiger partial charge in [0, 0.05) is 24.5 Å². The van der Waals surface area contributed by atoms with Gasteiger partial charge in [0.2, 0.25) is 0 Å². The van der Waals surface area contributed by atoms with Gasteiger partial charge < -0.3 is 15.0 Å². The average Bonchev–Trinajstić information content (AvgIpc) is 3.10. The van der Waals surface area contributed by atoms with Gasteiger partial charge in [-0.25, -0.2) is 0 Å². The smallest absolute Gasteiger partial charge is 0.311 e. The molecular formula is C15H15N3O5. The molecule has 1 aliphatic heterocycles. The van der Waals surface area contributed by atoms with E-state index in [1.54, 1.807) is 25.1 Å². The molecule has 1 amide bonds. The predicted molar refractivity (Wildman–Crippen MR) is 81.2 cm³/mol. The van der Waals surface area contributed by atoms with E-state index in [2.05, 4.69) is 4.98 Å². The number of hydrogen-bond acceptors (Lipinski definition) is 4. The summed E-state index contributed by atoms with van der Waals surface area (Å²) in [5.74, 6) is -1.28. The van der Waals surface area contributed by atoms with E-state index in [1.807, 2.05) is 0 Å². The zero-order chi connectivity index (χ0) is 16.8. The number of hydrogen-bond donors (Lipinski definition) is 2. The average molecular weight is 317 g/mol. The monoisotopic (exact) mass is 317 g/mol. The molecule has 120 valence electrons. The van der Waals surface area contributed by atoms with Crippen LogP contribution < -0.4 is 0 Å². The first kappa shape index (κ1) is 15.0. The van der Waals surface area contributed by atoms with Crippen LogP contribution in [-0.2, 0) is 4.79 Å². The van der Waals surface area contributed by atoms with Gasteiger partial charge in [-0.1, -0.05) is 12.1 Å². The van der Waals surface area contributed by atoms with Crippen LogP contribution in [0.4, 0.5) is 5.69 Å². The number of fused-ring (bicyclic) bond motifs is 1. The van der Waals surface area contributed by atoms with Crippen LogP contribution in [0.3, 0.4) is 0 Å². The Labute approximate surface area is 130 Å². The van der Waals surface area contributed by atoms with E-state index < -0.39 is 16.3 Å². The minimum atomic E-state index is -0.951. The van der Waals surface area contributed by atoms with E-state index in [-0.39, 0.29) is 23.8 Å². The molecule has 3 rings (SSSR count). The van der Waals surface area contributed by atoms with E-state index in [1.165, 1.54) is 11.0 Å². The maximum atomic E-state index is 12.5. The lowest BCUT2D eigenvalue weighted by atomic mass is 9.90. The number of aromatic amines is 1. The SMILES string of the molecule is CC1(C(=O)O)CCN(C(=O)c2cc3cccc([N+](=O)[O-])c3[nH]2)C1. The summed E-state index contributed by atoms with van der Waals surface area (Å²) < 4.78 is 0. The summed E-state index contributed by atoms with van der Waals surface area (Å²) in [6.45, 7) is 2.08. The van der Waals surface area contributed by atoms with Crippen molar-refractivity contribution in [1.82, 2.24) is 9.88 Å². The van der Waals surface area contributed by atoms with Gasteiger partial charge in [0.15, 0.2) is 0 Å². The van der Waals surface area contributed by atoms with Crippen molar-refractivity contribution in [3.8, 4) is 0 Å². The number of amides is 1. The van der Waals surface area contributed by atoms with Gasteiger partial charge in [-0.15, -0.1) is 0 Å². The quantitative estimate of drug-likeness (QED) is 0.663. The van der Waals surface area contributed by atoms with Crippen molar-refractivity contribution in [3.63, 3.8) is 0 Å². The molecule has 23 heavy (non-hydrogen) atoms. The molecule has 1 aliphatic rings. The zero-order valence-corrected chi connectivity index (χ0v) is 12.4. The van der Waals surface area contributed by atoms with Crippen LogP contribution in [0.1, 0.15) is 23.8 Å². The molecule has 1 atom stereocenters. The molecule has 1 saturated heterocycles. The fourth-order valence-electron chi connectivity index (χ4n) is 2.89. The maximum Gasteiger partial charge on any atom is 0.311 e. The van der Waals surface area contributed by atoms with Crippen LogP contribution in [0, 0.1) is 15.5 Å². The van der Waals surface area contributed by atoms with Gasteiger partial charge in [-0.05, 0) is 19.4 Å². The zero-order valence-electron chi connectivity index (χ0n) is 12.4. The molecule has 0 aliphatic carbocycles. The summed E-state index contributed by atoms with van der Waals surface area (Å²) in [7, 11) is 0. The van der Waals surface area contributed by atoms with Crippen LogP contribution in [0.2, 0.25) is 0 Å². The minimum absolute atomic E-state index is 0.0988. The number of carbonyl (C=O) groups excluding carboxylic acids is 1. The minimum Gasteiger partial charge on any atom is -0.481 e. The second-order valence-electron chi connectivity index (χ2n) is 6.02. The third kappa shape index (κ3) is 2.41. The van der Waals surface area contributed by atoms with Crippen LogP contribution in [0.5, 0.6) is 0 Å². The Bertz CT molecular complexity index is 828. The first-order valence-electron chi connectivity index (χ1n) is 7.11. The van der Waals surface area contributed by atoms with Crippen molar-refractivity contribution in [2.75, 3.05) is 13.1 Å². The highest BCUT2D eigenvalue weighted by molar-refractivity contribution is 6.00. The Kier molecular flexibility index (Phi) is 3.32. The number of carboxylic acids is 1. The molecule has 0 bridgehead atoms. The molecule has 2 N–H and O–H groups in total. The van der Waals surface area contributed by atoms with E-state index in [0.717, 1.165) is 0 Å². The van der Waals surface area contributed by atoms with Gasteiger partial charge >= 0.3 is 5.97 Å². The molecule has 1 unspecified atom stereocenters. The predicted octanol–water partition coefficient (Wildman–Crippen LogP) is 2.01. The van der Waals surface area contributed by atoms with Crippen molar-refractivity contribution in [1.29, 1.82) is 0 Å². The Morgan fingerprint density at radius 2 is 2.17 bits per heavy atom. The number of non-ortho nitro benzene ring substituents is 1. The first-order valence-corrected chi connectivity index (χ1v) is 7.11. The number of aromatic nitrogens is 1. The molecule has 1 fully saturated rings. The molecular weight excluding hydrogens is 302 g/mol. The highest BCUT2D eigenvalue weighted by Gasteiger charge is 2.42. The number of nitro groups is 1. The number of nitrogens with one attached hydrogen (secondary N) is 1. The van der Waals surface area contributed by atoms with Gasteiger partial charge in [0.05, 0.1) is 10.3 Å². The lowest BCUT2D eigenvalue weighted by Gasteiger charge is -2.19. The fraction of sp³-hybridized carbons (Fsp3) is 0.333. The first-order chi connectivity index (χ1) is 10.8. The molecule has 0 spiro atoms. The van der Waals surface area contributed by atoms with Gasteiger partial charge in [-0.3, -0.25) is 19.7 Å². The lowest BCUT2D eigenvalue weighted by Crippen LogP contribution is -2.35. The lowest BCUT2D eigenvalue weighted by molar-refractivity contribution is -0.383. The molecule has 0 radical (unpaired) electrons. The number of likely N-dealkylation sites (tertiary alicyclic amines) is 1. The third-order valence-electron chi connectivity index (χ3n) is 4.34. The molecule has 0 saturated carbocycles. The molecule has 1 aromatic heterocycles. The maximum absolute atomic E-state index is 12.5. The highest BCUT2D eigenvalue weighted by atomic mass is 16.6. The third-order valence-corrected chi connectivity index (χ3v) is 4.34. The number of rotatable bonds is 3. The van der Waals surface area contributed by atoms with Crippen molar-refractivity contribution in [3.05, 3.63) is 40.1 Å². The Balaban J connectivity index is 1.92. The van der Waals surface area contributed by atoms with Crippen LogP contribution in [0.15, 0.2) is 24.3 Å². The largest absolute Gasteiger partial charge is 0.481 e. The molecule has 2 aromatic rings. The Morgan fingerprint density at radius 3 is 2.78 bits per heavy atom. The standard InChI is InChI=1S/C15H15N3O5/c1-15(14(20)21)5-6-17(8-15)13(19)10-7-9-3-2-4-11(18(22)23)12(9)16-10/h2-4,7,16H,5-6,8H2,1H3,(H,20,21). The van der Waals surface area contributed by atoms with Crippen LogP contribution >= 0.6 is 0 Å². The van der Waals surface area contributed by atoms with Gasteiger partial charge in [-0.2, -0.15) is 0 Å². The number of benzene rings is 1. The molecule has 1 aromatic carbocycles. The number of aliphatic carboxylic acids is 1. The summed E-state index contributed by atoms with van der Waals surface area (Å²) >= 11 is 0. The summed E-state index contributed by atoms with van der Waals surface area (Å²) in [6, 6.07) is 6.16. The highest BCUT2D eigenvalue weighted by Crippen LogP contribution is 2.32. The van der Waals surface area contributed by atoms with Crippen molar-refractivity contribution < 1.29 is 19.6 Å². The number of para-hydroxylation sites is 1. The Hall–Kier alpha value is -2.90. The fourth-order valence-corrected chi connectivity index (χ4v) is 2.89. The van der Waals surface area contributed by atoms with Gasteiger partial charge in [0.1, 0.15) is 11.2 Å². The second kappa shape index (κ2) is 5.08. The number of H-pyrrole nitrogens is 1. The second-order valence-corrected chi connectivity index (χ2v) is 6.02. The summed E-state index contributed by atoms with van der Waals surface area (Å²) in [6.07, 6.45) is 0.383. The molecule has 8 heteroatoms. The van der Waals surface area contributed by atoms with Gasteiger partial charge in [0.25, 0.3) is 11.6 Å². The number of carboxylic acid groups (broad SMARTS) is 1. The summed E-state index contributed by atoms with van der Waals surface area (Å²) in [5, 5.41) is 20.8. The van der Waals surface area contributed by atoms with E-state index in [9.17, 15) is 24.8 Å². The number of nitro benzene ring substituents is 1. The Morgan fingerprint density at radius 1 is 1.43 bits per heavy atom. The van der Waals surface area contributed by atoms with Crippen LogP contribution in [0.25, 0.3) is 10.9 Å². The van der Waals surface area contributed by atoms with Crippen molar-refractivity contribution in [2.45, 2.75) is 13.3 Å². The summed E-state index contributed by atoms with van der Waals surface area (Å²) in [5.41, 5.74) is -0.531. The number of carbonyl (C=O) groups is 2. The topological polar surface area (TPSA) is 117 Å². The normalized spacial score (nSPS) is 20.8. The van der Waals surface area contributed by atoms with E-state index in [4.69, 9.17) is 0 Å². The van der Waals surface area contributed by atoms with Crippen molar-refractivity contribution in [2.24, 2.45) is 5.41 Å².